The molecule has 3 aromatic rings. The van der Waals surface area contributed by atoms with Crippen LogP contribution in [0.15, 0.2) is 41.4 Å². The maximum Gasteiger partial charge on any atom is 0.279 e. The van der Waals surface area contributed by atoms with Crippen LogP contribution < -0.4 is 15.9 Å². The zero-order valence-corrected chi connectivity index (χ0v) is 15.7. The van der Waals surface area contributed by atoms with Crippen LogP contribution in [0.2, 0.25) is 10.0 Å². The highest BCUT2D eigenvalue weighted by atomic mass is 35.5. The van der Waals surface area contributed by atoms with E-state index >= 15 is 0 Å². The van der Waals surface area contributed by atoms with Gasteiger partial charge in [-0.25, -0.2) is 4.99 Å². The second-order valence-corrected chi connectivity index (χ2v) is 7.49. The van der Waals surface area contributed by atoms with Gasteiger partial charge in [0.2, 0.25) is 5.88 Å². The van der Waals surface area contributed by atoms with Gasteiger partial charge in [0.15, 0.2) is 5.13 Å². The maximum atomic E-state index is 12.4. The van der Waals surface area contributed by atoms with Crippen LogP contribution in [0.5, 0.6) is 5.88 Å². The van der Waals surface area contributed by atoms with Crippen molar-refractivity contribution < 1.29 is 9.90 Å². The standard InChI is InChI=1S/C18H11Cl2N3O2S/c1-8-5-6-11-9(7-8)13(16(24)21-11)15-17(25)23-18(26-15)22-12-4-2-3-10(19)14(12)20/h2-7,25H,1H3,(H,22,23). The Morgan fingerprint density at radius 3 is 2.81 bits per heavy atom. The average Bonchev–Trinajstić information content (AvgIpc) is 3.10. The van der Waals surface area contributed by atoms with Crippen molar-refractivity contribution in [1.82, 2.24) is 4.98 Å². The first-order valence-electron chi connectivity index (χ1n) is 7.59. The van der Waals surface area contributed by atoms with Gasteiger partial charge in [-0.05, 0) is 31.2 Å². The van der Waals surface area contributed by atoms with Crippen LogP contribution in [0.1, 0.15) is 10.4 Å². The fourth-order valence-electron chi connectivity index (χ4n) is 2.69. The number of halogens is 2. The minimum atomic E-state index is -0.392. The number of carbonyl (C=O) groups excluding carboxylic acids is 1. The third-order valence-corrected chi connectivity index (χ3v) is 5.68. The molecule has 0 fully saturated rings. The summed E-state index contributed by atoms with van der Waals surface area (Å²) in [7, 11) is 0. The van der Waals surface area contributed by atoms with Gasteiger partial charge in [0.1, 0.15) is 4.88 Å². The number of nitrogens with zero attached hydrogens (tertiary/aromatic N) is 2. The quantitative estimate of drug-likeness (QED) is 0.700. The van der Waals surface area contributed by atoms with Crippen molar-refractivity contribution >= 4 is 56.8 Å². The van der Waals surface area contributed by atoms with Gasteiger partial charge in [0.05, 0.1) is 26.7 Å². The highest BCUT2D eigenvalue weighted by molar-refractivity contribution is 7.17. The van der Waals surface area contributed by atoms with Crippen LogP contribution in [0, 0.1) is 6.92 Å². The number of thiazole rings is 1. The third kappa shape index (κ3) is 2.86. The molecule has 8 heteroatoms. The van der Waals surface area contributed by atoms with Crippen LogP contribution in [-0.2, 0) is 4.79 Å². The minimum absolute atomic E-state index is 0.233. The van der Waals surface area contributed by atoms with Crippen LogP contribution in [0.3, 0.4) is 0 Å². The first-order valence-corrected chi connectivity index (χ1v) is 9.16. The van der Waals surface area contributed by atoms with E-state index in [2.05, 4.69) is 15.3 Å². The number of aryl methyl sites for hydroxylation is 1. The molecule has 4 rings (SSSR count). The lowest BCUT2D eigenvalue weighted by Gasteiger charge is -2.05. The van der Waals surface area contributed by atoms with E-state index < -0.39 is 5.91 Å². The van der Waals surface area contributed by atoms with Gasteiger partial charge in [-0.1, -0.05) is 52.2 Å². The summed E-state index contributed by atoms with van der Waals surface area (Å²) in [5.74, 6) is -0.625. The van der Waals surface area contributed by atoms with Gasteiger partial charge < -0.3 is 10.4 Å². The summed E-state index contributed by atoms with van der Waals surface area (Å²) < 4.78 is 0. The lowest BCUT2D eigenvalue weighted by atomic mass is 10.1. The fraction of sp³-hybridized carbons (Fsp3) is 0.0556. The summed E-state index contributed by atoms with van der Waals surface area (Å²) in [6.45, 7) is 1.93. The molecule has 0 atom stereocenters. The van der Waals surface area contributed by atoms with E-state index in [4.69, 9.17) is 23.2 Å². The van der Waals surface area contributed by atoms with Crippen LogP contribution in [0.25, 0.3) is 5.57 Å². The van der Waals surface area contributed by atoms with E-state index in [0.29, 0.717) is 41.9 Å². The fourth-order valence-corrected chi connectivity index (χ4v) is 3.96. The summed E-state index contributed by atoms with van der Waals surface area (Å²) in [4.78, 5) is 20.9. The Hall–Kier alpha value is -2.41. The Bertz CT molecular complexity index is 1190. The summed E-state index contributed by atoms with van der Waals surface area (Å²) in [6.07, 6.45) is 0. The van der Waals surface area contributed by atoms with Gasteiger partial charge >= 0.3 is 0 Å². The number of hydrogen-bond donors (Lipinski definition) is 2. The Morgan fingerprint density at radius 2 is 2.00 bits per heavy atom. The molecule has 0 aliphatic carbocycles. The number of aromatic nitrogens is 1. The first kappa shape index (κ1) is 17.0. The summed E-state index contributed by atoms with van der Waals surface area (Å²) in [6, 6.07) is 10.7. The lowest BCUT2D eigenvalue weighted by molar-refractivity contribution is -0.112. The second kappa shape index (κ2) is 6.39. The molecule has 2 aromatic carbocycles. The number of fused-ring (bicyclic) bond motifs is 1. The molecule has 1 amide bonds. The summed E-state index contributed by atoms with van der Waals surface area (Å²) in [5.41, 5.74) is 1.91. The van der Waals surface area contributed by atoms with E-state index in [1.165, 1.54) is 0 Å². The molecule has 0 spiro atoms. The highest BCUT2D eigenvalue weighted by Gasteiger charge is 2.25. The molecule has 0 bridgehead atoms. The molecule has 0 radical (unpaired) electrons. The Kier molecular flexibility index (Phi) is 4.19. The number of nitrogens with one attached hydrogen (secondary N) is 1. The summed E-state index contributed by atoms with van der Waals surface area (Å²) >= 11 is 13.3. The molecule has 1 aliphatic rings. The highest BCUT2D eigenvalue weighted by Crippen LogP contribution is 2.37. The molecule has 5 nitrogen and oxygen atoms in total. The van der Waals surface area contributed by atoms with E-state index in [1.54, 1.807) is 24.3 Å². The topological polar surface area (TPSA) is 74.6 Å². The zero-order valence-electron chi connectivity index (χ0n) is 13.4. The predicted octanol–water partition coefficient (Wildman–Crippen LogP) is 3.57. The van der Waals surface area contributed by atoms with Gasteiger partial charge in [-0.3, -0.25) is 4.79 Å². The van der Waals surface area contributed by atoms with Crippen LogP contribution >= 0.6 is 34.5 Å². The minimum Gasteiger partial charge on any atom is -0.492 e. The molecule has 2 heterocycles. The normalized spacial score (nSPS) is 12.9. The van der Waals surface area contributed by atoms with Crippen molar-refractivity contribution in [3.05, 3.63) is 67.5 Å². The number of rotatable bonds is 3. The molecule has 130 valence electrons. The van der Waals surface area contributed by atoms with Crippen molar-refractivity contribution in [3.8, 4) is 5.88 Å². The molecule has 0 saturated carbocycles. The lowest BCUT2D eigenvalue weighted by Crippen LogP contribution is -2.23. The number of hydrogen-bond acceptors (Lipinski definition) is 5. The van der Waals surface area contributed by atoms with Gasteiger partial charge in [0, 0.05) is 5.22 Å². The molecule has 1 aliphatic heterocycles. The van der Waals surface area contributed by atoms with Crippen LogP contribution in [0.4, 0.5) is 10.8 Å². The molecule has 1 aromatic heterocycles. The largest absolute Gasteiger partial charge is 0.492 e. The second-order valence-electron chi connectivity index (χ2n) is 5.71. The zero-order chi connectivity index (χ0) is 18.4. The van der Waals surface area contributed by atoms with Crippen molar-refractivity contribution in [2.75, 3.05) is 5.32 Å². The molecule has 26 heavy (non-hydrogen) atoms. The van der Waals surface area contributed by atoms with Crippen molar-refractivity contribution in [3.63, 3.8) is 0 Å². The predicted molar refractivity (Wildman–Crippen MR) is 103 cm³/mol. The SMILES string of the molecule is Cc1ccc2c(c1)=C(c1sc(Nc3cccc(Cl)c3Cl)nc1O)C(=O)N=2. The average molecular weight is 404 g/mol. The smallest absolute Gasteiger partial charge is 0.279 e. The third-order valence-electron chi connectivity index (χ3n) is 3.89. The molecule has 2 N–H and O–H groups in total. The Labute approximate surface area is 162 Å². The molecule has 0 saturated heterocycles. The van der Waals surface area contributed by atoms with E-state index in [1.807, 2.05) is 19.1 Å². The van der Waals surface area contributed by atoms with E-state index in [-0.39, 0.29) is 5.88 Å². The van der Waals surface area contributed by atoms with Crippen molar-refractivity contribution in [2.24, 2.45) is 4.99 Å². The summed E-state index contributed by atoms with van der Waals surface area (Å²) in [5, 5.41) is 15.8. The number of anilines is 2. The van der Waals surface area contributed by atoms with Gasteiger partial charge in [-0.2, -0.15) is 4.98 Å². The van der Waals surface area contributed by atoms with Crippen molar-refractivity contribution in [2.45, 2.75) is 6.92 Å². The van der Waals surface area contributed by atoms with Gasteiger partial charge in [-0.15, -0.1) is 0 Å². The number of benzene rings is 2. The maximum absolute atomic E-state index is 12.4. The van der Waals surface area contributed by atoms with E-state index in [9.17, 15) is 9.90 Å². The molecule has 0 unspecified atom stereocenters. The van der Waals surface area contributed by atoms with Gasteiger partial charge in [0.25, 0.3) is 5.91 Å². The first-order chi connectivity index (χ1) is 12.4. The molecular weight excluding hydrogens is 393 g/mol. The monoisotopic (exact) mass is 403 g/mol. The van der Waals surface area contributed by atoms with Crippen molar-refractivity contribution in [1.29, 1.82) is 0 Å². The number of amides is 1. The Balaban J connectivity index is 1.81. The molecular formula is C18H11Cl2N3O2S. The number of aromatic hydroxyl groups is 1. The van der Waals surface area contributed by atoms with E-state index in [0.717, 1.165) is 16.9 Å². The Morgan fingerprint density at radius 1 is 1.19 bits per heavy atom. The van der Waals surface area contributed by atoms with Crippen LogP contribution in [-0.4, -0.2) is 16.0 Å². The number of carbonyl (C=O) groups is 1.